The van der Waals surface area contributed by atoms with Crippen LogP contribution in [0.2, 0.25) is 0 Å². The van der Waals surface area contributed by atoms with Crippen LogP contribution >= 0.6 is 0 Å². The maximum absolute atomic E-state index is 5.87. The van der Waals surface area contributed by atoms with Gasteiger partial charge in [-0.3, -0.25) is 4.98 Å². The molecule has 0 radical (unpaired) electrons. The van der Waals surface area contributed by atoms with Crippen molar-refractivity contribution in [1.82, 2.24) is 4.98 Å². The van der Waals surface area contributed by atoms with Crippen LogP contribution in [0.3, 0.4) is 0 Å². The van der Waals surface area contributed by atoms with Gasteiger partial charge in [-0.2, -0.15) is 0 Å². The van der Waals surface area contributed by atoms with Gasteiger partial charge in [-0.15, -0.1) is 0 Å². The van der Waals surface area contributed by atoms with E-state index in [9.17, 15) is 0 Å². The van der Waals surface area contributed by atoms with Gasteiger partial charge in [-0.1, -0.05) is 18.2 Å². The average Bonchev–Trinajstić information content (AvgIpc) is 2.29. The van der Waals surface area contributed by atoms with E-state index in [0.717, 1.165) is 11.1 Å². The number of nitrogens with zero attached hydrogens (tertiary/aromatic N) is 1. The Hall–Kier alpha value is -1.67. The van der Waals surface area contributed by atoms with E-state index in [-0.39, 0.29) is 6.04 Å². The Bertz CT molecular complexity index is 490. The lowest BCUT2D eigenvalue weighted by molar-refractivity contribution is 0.818. The average molecular weight is 212 g/mol. The summed E-state index contributed by atoms with van der Waals surface area (Å²) in [7, 11) is 0. The van der Waals surface area contributed by atoms with E-state index in [2.05, 4.69) is 29.2 Å². The Kier molecular flexibility index (Phi) is 3.02. The minimum absolute atomic E-state index is 0.0673. The van der Waals surface area contributed by atoms with Crippen LogP contribution in [0, 0.1) is 6.92 Å². The van der Waals surface area contributed by atoms with E-state index in [1.807, 2.05) is 32.3 Å². The molecule has 0 fully saturated rings. The minimum atomic E-state index is 0.0673. The zero-order chi connectivity index (χ0) is 11.5. The molecular formula is C14H16N2. The van der Waals surface area contributed by atoms with Crippen LogP contribution in [0.4, 0.5) is 0 Å². The van der Waals surface area contributed by atoms with Crippen LogP contribution < -0.4 is 5.73 Å². The van der Waals surface area contributed by atoms with Gasteiger partial charge in [-0.25, -0.2) is 0 Å². The lowest BCUT2D eigenvalue weighted by atomic mass is 10.0. The molecule has 2 rings (SSSR count). The highest BCUT2D eigenvalue weighted by molar-refractivity contribution is 5.63. The molecule has 2 heteroatoms. The van der Waals surface area contributed by atoms with Gasteiger partial charge < -0.3 is 5.73 Å². The van der Waals surface area contributed by atoms with Crippen LogP contribution in [-0.4, -0.2) is 4.98 Å². The number of pyridine rings is 1. The molecule has 0 aliphatic carbocycles. The molecule has 0 saturated carbocycles. The van der Waals surface area contributed by atoms with Gasteiger partial charge in [0.1, 0.15) is 0 Å². The van der Waals surface area contributed by atoms with Crippen molar-refractivity contribution >= 4 is 0 Å². The van der Waals surface area contributed by atoms with Gasteiger partial charge in [0.25, 0.3) is 0 Å². The Labute approximate surface area is 96.1 Å². The number of rotatable bonds is 2. The molecule has 82 valence electrons. The minimum Gasteiger partial charge on any atom is -0.324 e. The van der Waals surface area contributed by atoms with E-state index in [1.165, 1.54) is 11.1 Å². The van der Waals surface area contributed by atoms with Gasteiger partial charge in [0.2, 0.25) is 0 Å². The second-order valence-corrected chi connectivity index (χ2v) is 4.17. The third kappa shape index (κ3) is 2.28. The molecule has 1 atom stereocenters. The molecule has 2 aromatic rings. The summed E-state index contributed by atoms with van der Waals surface area (Å²) in [6.45, 7) is 4.04. The van der Waals surface area contributed by atoms with Crippen molar-refractivity contribution in [3.05, 3.63) is 53.9 Å². The molecule has 1 heterocycles. The molecule has 2 nitrogen and oxygen atoms in total. The van der Waals surface area contributed by atoms with Crippen molar-refractivity contribution in [2.75, 3.05) is 0 Å². The van der Waals surface area contributed by atoms with E-state index in [4.69, 9.17) is 5.73 Å². The molecule has 2 N–H and O–H groups in total. The fourth-order valence-corrected chi connectivity index (χ4v) is 1.71. The standard InChI is InChI=1S/C14H16N2/c1-10-6-14(9-16-8-10)13-5-3-4-12(7-13)11(2)15/h3-9,11H,15H2,1-2H3. The fourth-order valence-electron chi connectivity index (χ4n) is 1.71. The van der Waals surface area contributed by atoms with Gasteiger partial charge in [0, 0.05) is 24.0 Å². The Morgan fingerprint density at radius 1 is 1.12 bits per heavy atom. The molecule has 0 aliphatic rings. The third-order valence-corrected chi connectivity index (χ3v) is 2.62. The summed E-state index contributed by atoms with van der Waals surface area (Å²) in [4.78, 5) is 4.20. The molecule has 0 bridgehead atoms. The lowest BCUT2D eigenvalue weighted by Crippen LogP contribution is -2.04. The molecule has 0 spiro atoms. The van der Waals surface area contributed by atoms with Crippen LogP contribution in [0.5, 0.6) is 0 Å². The lowest BCUT2D eigenvalue weighted by Gasteiger charge is -2.08. The third-order valence-electron chi connectivity index (χ3n) is 2.62. The highest BCUT2D eigenvalue weighted by Crippen LogP contribution is 2.22. The fraction of sp³-hybridized carbons (Fsp3) is 0.214. The number of aromatic nitrogens is 1. The summed E-state index contributed by atoms with van der Waals surface area (Å²) in [5, 5.41) is 0. The largest absolute Gasteiger partial charge is 0.324 e. The van der Waals surface area contributed by atoms with Gasteiger partial charge in [0.15, 0.2) is 0 Å². The van der Waals surface area contributed by atoms with Crippen molar-refractivity contribution in [2.24, 2.45) is 5.73 Å². The first-order valence-corrected chi connectivity index (χ1v) is 5.44. The zero-order valence-electron chi connectivity index (χ0n) is 9.64. The number of benzene rings is 1. The van der Waals surface area contributed by atoms with Crippen molar-refractivity contribution in [1.29, 1.82) is 0 Å². The number of hydrogen-bond donors (Lipinski definition) is 1. The van der Waals surface area contributed by atoms with E-state index in [0.29, 0.717) is 0 Å². The summed E-state index contributed by atoms with van der Waals surface area (Å²) in [5.74, 6) is 0. The summed E-state index contributed by atoms with van der Waals surface area (Å²) in [5.41, 5.74) is 10.5. The molecule has 0 aliphatic heterocycles. The van der Waals surface area contributed by atoms with Crippen LogP contribution in [0.1, 0.15) is 24.1 Å². The SMILES string of the molecule is Cc1cncc(-c2cccc(C(C)N)c2)c1. The van der Waals surface area contributed by atoms with Crippen LogP contribution in [0.25, 0.3) is 11.1 Å². The second-order valence-electron chi connectivity index (χ2n) is 4.17. The predicted molar refractivity (Wildman–Crippen MR) is 67.0 cm³/mol. The van der Waals surface area contributed by atoms with Crippen molar-refractivity contribution < 1.29 is 0 Å². The molecule has 16 heavy (non-hydrogen) atoms. The van der Waals surface area contributed by atoms with Crippen molar-refractivity contribution in [3.8, 4) is 11.1 Å². The topological polar surface area (TPSA) is 38.9 Å². The quantitative estimate of drug-likeness (QED) is 0.830. The van der Waals surface area contributed by atoms with E-state index in [1.54, 1.807) is 0 Å². The number of nitrogens with two attached hydrogens (primary N) is 1. The number of hydrogen-bond acceptors (Lipinski definition) is 2. The Morgan fingerprint density at radius 3 is 2.62 bits per heavy atom. The van der Waals surface area contributed by atoms with Crippen molar-refractivity contribution in [3.63, 3.8) is 0 Å². The van der Waals surface area contributed by atoms with E-state index < -0.39 is 0 Å². The Morgan fingerprint density at radius 2 is 1.94 bits per heavy atom. The first-order chi connectivity index (χ1) is 7.66. The summed E-state index contributed by atoms with van der Waals surface area (Å²) >= 11 is 0. The molecule has 0 amide bonds. The highest BCUT2D eigenvalue weighted by atomic mass is 14.6. The van der Waals surface area contributed by atoms with Crippen molar-refractivity contribution in [2.45, 2.75) is 19.9 Å². The summed E-state index contributed by atoms with van der Waals surface area (Å²) in [6.07, 6.45) is 3.74. The molecular weight excluding hydrogens is 196 g/mol. The highest BCUT2D eigenvalue weighted by Gasteiger charge is 2.02. The predicted octanol–water partition coefficient (Wildman–Crippen LogP) is 3.08. The van der Waals surface area contributed by atoms with Crippen LogP contribution in [-0.2, 0) is 0 Å². The summed E-state index contributed by atoms with van der Waals surface area (Å²) < 4.78 is 0. The van der Waals surface area contributed by atoms with Gasteiger partial charge in [-0.05, 0) is 42.7 Å². The molecule has 1 aromatic carbocycles. The summed E-state index contributed by atoms with van der Waals surface area (Å²) in [6, 6.07) is 10.5. The molecule has 1 aromatic heterocycles. The molecule has 0 saturated heterocycles. The Balaban J connectivity index is 2.44. The number of aryl methyl sites for hydroxylation is 1. The van der Waals surface area contributed by atoms with Gasteiger partial charge >= 0.3 is 0 Å². The normalized spacial score (nSPS) is 12.4. The zero-order valence-corrected chi connectivity index (χ0v) is 9.64. The monoisotopic (exact) mass is 212 g/mol. The smallest absolute Gasteiger partial charge is 0.0346 e. The maximum Gasteiger partial charge on any atom is 0.0346 e. The first-order valence-electron chi connectivity index (χ1n) is 5.44. The van der Waals surface area contributed by atoms with E-state index >= 15 is 0 Å². The van der Waals surface area contributed by atoms with Crippen LogP contribution in [0.15, 0.2) is 42.7 Å². The maximum atomic E-state index is 5.87. The second kappa shape index (κ2) is 4.45. The first kappa shape index (κ1) is 10.8. The molecule has 1 unspecified atom stereocenters. The van der Waals surface area contributed by atoms with Gasteiger partial charge in [0.05, 0.1) is 0 Å².